The van der Waals surface area contributed by atoms with Crippen molar-refractivity contribution in [3.63, 3.8) is 0 Å². The van der Waals surface area contributed by atoms with Crippen molar-refractivity contribution in [2.75, 3.05) is 20.8 Å². The maximum absolute atomic E-state index is 12.5. The average molecular weight is 359 g/mol. The van der Waals surface area contributed by atoms with Crippen LogP contribution in [0, 0.1) is 13.8 Å². The van der Waals surface area contributed by atoms with Crippen molar-refractivity contribution in [3.05, 3.63) is 46.3 Å². The van der Waals surface area contributed by atoms with Gasteiger partial charge in [-0.3, -0.25) is 9.59 Å². The highest BCUT2D eigenvalue weighted by molar-refractivity contribution is 6.02. The van der Waals surface area contributed by atoms with Crippen LogP contribution in [0.5, 0.6) is 11.5 Å². The summed E-state index contributed by atoms with van der Waals surface area (Å²) in [6.07, 6.45) is 0. The lowest BCUT2D eigenvalue weighted by Crippen LogP contribution is -2.15. The summed E-state index contributed by atoms with van der Waals surface area (Å²) in [5.41, 5.74) is 1.99. The van der Waals surface area contributed by atoms with E-state index in [1.807, 2.05) is 0 Å². The molecule has 2 aromatic rings. The molecule has 7 heteroatoms. The molecule has 0 aliphatic rings. The SMILES string of the molecule is COC(=O)c1c(C)[nH]c(C(=O)COc2ccc(OC)cc2C(C)=O)c1C. The Balaban J connectivity index is 2.22. The molecule has 1 aromatic carbocycles. The van der Waals surface area contributed by atoms with E-state index in [9.17, 15) is 14.4 Å². The maximum atomic E-state index is 12.5. The number of carbonyl (C=O) groups is 3. The predicted molar refractivity (Wildman–Crippen MR) is 94.4 cm³/mol. The summed E-state index contributed by atoms with van der Waals surface area (Å²) in [6.45, 7) is 4.48. The minimum absolute atomic E-state index is 0.203. The molecule has 1 N–H and O–H groups in total. The number of hydrogen-bond donors (Lipinski definition) is 1. The summed E-state index contributed by atoms with van der Waals surface area (Å²) < 4.78 is 15.4. The first-order valence-electron chi connectivity index (χ1n) is 7.92. The number of aryl methyl sites for hydroxylation is 1. The minimum atomic E-state index is -0.509. The van der Waals surface area contributed by atoms with E-state index < -0.39 is 5.97 Å². The normalized spacial score (nSPS) is 10.3. The molecule has 0 spiro atoms. The zero-order valence-corrected chi connectivity index (χ0v) is 15.4. The molecule has 2 rings (SSSR count). The van der Waals surface area contributed by atoms with Crippen LogP contribution in [0.4, 0.5) is 0 Å². The Kier molecular flexibility index (Phi) is 5.82. The summed E-state index contributed by atoms with van der Waals surface area (Å²) >= 11 is 0. The van der Waals surface area contributed by atoms with Gasteiger partial charge in [0.15, 0.2) is 12.4 Å². The van der Waals surface area contributed by atoms with Crippen molar-refractivity contribution in [1.82, 2.24) is 4.98 Å². The monoisotopic (exact) mass is 359 g/mol. The zero-order valence-electron chi connectivity index (χ0n) is 15.4. The van der Waals surface area contributed by atoms with Crippen LogP contribution in [0.2, 0.25) is 0 Å². The molecule has 1 heterocycles. The highest BCUT2D eigenvalue weighted by Gasteiger charge is 2.23. The van der Waals surface area contributed by atoms with E-state index in [1.165, 1.54) is 21.1 Å². The van der Waals surface area contributed by atoms with Gasteiger partial charge in [0.2, 0.25) is 5.78 Å². The lowest BCUT2D eigenvalue weighted by Gasteiger charge is -2.11. The molecule has 0 atom stereocenters. The third-order valence-electron chi connectivity index (χ3n) is 4.03. The minimum Gasteiger partial charge on any atom is -0.497 e. The van der Waals surface area contributed by atoms with Gasteiger partial charge in [-0.1, -0.05) is 0 Å². The summed E-state index contributed by atoms with van der Waals surface area (Å²) in [7, 11) is 2.78. The van der Waals surface area contributed by atoms with Gasteiger partial charge in [0.05, 0.1) is 31.0 Å². The number of ether oxygens (including phenoxy) is 3. The van der Waals surface area contributed by atoms with Crippen LogP contribution in [-0.4, -0.2) is 43.3 Å². The second kappa shape index (κ2) is 7.86. The number of nitrogens with one attached hydrogen (secondary N) is 1. The highest BCUT2D eigenvalue weighted by Crippen LogP contribution is 2.25. The van der Waals surface area contributed by atoms with E-state index in [4.69, 9.17) is 14.2 Å². The molecule has 138 valence electrons. The van der Waals surface area contributed by atoms with E-state index in [0.717, 1.165) is 0 Å². The van der Waals surface area contributed by atoms with Crippen molar-refractivity contribution < 1.29 is 28.6 Å². The first kappa shape index (κ1) is 19.2. The van der Waals surface area contributed by atoms with Crippen LogP contribution < -0.4 is 9.47 Å². The van der Waals surface area contributed by atoms with E-state index in [-0.39, 0.29) is 23.9 Å². The number of hydrogen-bond acceptors (Lipinski definition) is 6. The molecule has 7 nitrogen and oxygen atoms in total. The molecule has 0 bridgehead atoms. The Hall–Kier alpha value is -3.09. The van der Waals surface area contributed by atoms with E-state index in [2.05, 4.69) is 4.98 Å². The molecule has 0 radical (unpaired) electrons. The smallest absolute Gasteiger partial charge is 0.339 e. The fourth-order valence-electron chi connectivity index (χ4n) is 2.69. The van der Waals surface area contributed by atoms with E-state index in [0.29, 0.717) is 33.9 Å². The first-order chi connectivity index (χ1) is 12.3. The Morgan fingerprint density at radius 1 is 1.12 bits per heavy atom. The Morgan fingerprint density at radius 2 is 1.81 bits per heavy atom. The number of carbonyl (C=O) groups excluding carboxylic acids is 3. The average Bonchev–Trinajstić information content (AvgIpc) is 2.93. The van der Waals surface area contributed by atoms with Crippen molar-refractivity contribution in [2.24, 2.45) is 0 Å². The number of ketones is 2. The van der Waals surface area contributed by atoms with Gasteiger partial charge in [-0.2, -0.15) is 0 Å². The highest BCUT2D eigenvalue weighted by atomic mass is 16.5. The standard InChI is InChI=1S/C19H21NO6/c1-10-17(19(23)25-5)11(2)20-18(10)15(22)9-26-16-7-6-13(24-4)8-14(16)12(3)21/h6-8,20H,9H2,1-5H3. The van der Waals surface area contributed by atoms with E-state index >= 15 is 0 Å². The number of aromatic nitrogens is 1. The molecular weight excluding hydrogens is 338 g/mol. The van der Waals surface area contributed by atoms with Gasteiger partial charge in [-0.15, -0.1) is 0 Å². The van der Waals surface area contributed by atoms with Crippen LogP contribution in [0.1, 0.15) is 49.4 Å². The fraction of sp³-hybridized carbons (Fsp3) is 0.316. The topological polar surface area (TPSA) is 94.7 Å². The molecule has 26 heavy (non-hydrogen) atoms. The van der Waals surface area contributed by atoms with Crippen LogP contribution >= 0.6 is 0 Å². The number of rotatable bonds is 7. The van der Waals surface area contributed by atoms with Gasteiger partial charge in [-0.05, 0) is 44.5 Å². The van der Waals surface area contributed by atoms with Crippen molar-refractivity contribution >= 4 is 17.5 Å². The van der Waals surface area contributed by atoms with Gasteiger partial charge in [0, 0.05) is 5.69 Å². The molecule has 0 saturated carbocycles. The second-order valence-electron chi connectivity index (χ2n) is 5.75. The maximum Gasteiger partial charge on any atom is 0.339 e. The number of H-pyrrole nitrogens is 1. The number of esters is 1. The lowest BCUT2D eigenvalue weighted by atomic mass is 10.1. The van der Waals surface area contributed by atoms with Crippen LogP contribution in [0.25, 0.3) is 0 Å². The number of benzene rings is 1. The quantitative estimate of drug-likeness (QED) is 0.603. The third kappa shape index (κ3) is 3.77. The van der Waals surface area contributed by atoms with Gasteiger partial charge >= 0.3 is 5.97 Å². The molecule has 0 aliphatic carbocycles. The number of aromatic amines is 1. The van der Waals surface area contributed by atoms with Crippen LogP contribution in [0.3, 0.4) is 0 Å². The zero-order chi connectivity index (χ0) is 19.4. The van der Waals surface area contributed by atoms with Crippen molar-refractivity contribution in [3.8, 4) is 11.5 Å². The van der Waals surface area contributed by atoms with Crippen molar-refractivity contribution in [1.29, 1.82) is 0 Å². The fourth-order valence-corrected chi connectivity index (χ4v) is 2.69. The Morgan fingerprint density at radius 3 is 2.38 bits per heavy atom. The van der Waals surface area contributed by atoms with Crippen molar-refractivity contribution in [2.45, 2.75) is 20.8 Å². The molecule has 0 amide bonds. The molecule has 0 fully saturated rings. The first-order valence-corrected chi connectivity index (χ1v) is 7.92. The number of Topliss-reactive ketones (excluding diaryl/α,β-unsaturated/α-hetero) is 2. The summed E-state index contributed by atoms with van der Waals surface area (Å²) in [4.78, 5) is 39.0. The van der Waals surface area contributed by atoms with Crippen LogP contribution in [-0.2, 0) is 4.74 Å². The molecule has 0 aliphatic heterocycles. The summed E-state index contributed by atoms with van der Waals surface area (Å²) in [6, 6.07) is 4.78. The van der Waals surface area contributed by atoms with E-state index in [1.54, 1.807) is 32.0 Å². The summed E-state index contributed by atoms with van der Waals surface area (Å²) in [5.74, 6) is -0.240. The van der Waals surface area contributed by atoms with Gasteiger partial charge < -0.3 is 19.2 Å². The van der Waals surface area contributed by atoms with Gasteiger partial charge in [0.1, 0.15) is 11.5 Å². The van der Waals surface area contributed by atoms with Gasteiger partial charge in [-0.25, -0.2) is 4.79 Å². The molecule has 0 saturated heterocycles. The predicted octanol–water partition coefficient (Wildman–Crippen LogP) is 2.89. The molecular formula is C19H21NO6. The lowest BCUT2D eigenvalue weighted by molar-refractivity contribution is 0.0599. The second-order valence-corrected chi connectivity index (χ2v) is 5.75. The van der Waals surface area contributed by atoms with Gasteiger partial charge in [0.25, 0.3) is 0 Å². The van der Waals surface area contributed by atoms with Crippen LogP contribution in [0.15, 0.2) is 18.2 Å². The Labute approximate surface area is 151 Å². The molecule has 1 aromatic heterocycles. The summed E-state index contributed by atoms with van der Waals surface area (Å²) in [5, 5.41) is 0. The number of methoxy groups -OCH3 is 2. The third-order valence-corrected chi connectivity index (χ3v) is 4.03. The largest absolute Gasteiger partial charge is 0.497 e. The molecule has 0 unspecified atom stereocenters. The Bertz CT molecular complexity index is 865.